The van der Waals surface area contributed by atoms with Crippen molar-refractivity contribution in [1.29, 1.82) is 5.26 Å². The maximum absolute atomic E-state index is 13.3. The second kappa shape index (κ2) is 9.11. The van der Waals surface area contributed by atoms with Gasteiger partial charge in [0.15, 0.2) is 0 Å². The maximum Gasteiger partial charge on any atom is 0.274 e. The molecule has 2 aromatic rings. The fourth-order valence-corrected chi connectivity index (χ4v) is 4.09. The van der Waals surface area contributed by atoms with E-state index in [9.17, 15) is 19.6 Å². The van der Waals surface area contributed by atoms with Crippen molar-refractivity contribution < 1.29 is 9.59 Å². The van der Waals surface area contributed by atoms with E-state index in [-0.39, 0.29) is 35.6 Å². The van der Waals surface area contributed by atoms with Crippen molar-refractivity contribution in [3.05, 3.63) is 28.4 Å². The lowest BCUT2D eigenvalue weighted by Gasteiger charge is -2.26. The normalized spacial score (nSPS) is 18.6. The summed E-state index contributed by atoms with van der Waals surface area (Å²) >= 11 is 0. The van der Waals surface area contributed by atoms with E-state index in [1.807, 2.05) is 13.8 Å². The number of aromatic nitrogens is 3. The van der Waals surface area contributed by atoms with Gasteiger partial charge in [-0.3, -0.25) is 14.4 Å². The number of H-pyrrole nitrogens is 1. The Morgan fingerprint density at radius 3 is 2.87 bits per heavy atom. The summed E-state index contributed by atoms with van der Waals surface area (Å²) in [4.78, 5) is 44.8. The van der Waals surface area contributed by atoms with E-state index in [1.165, 1.54) is 6.20 Å². The van der Waals surface area contributed by atoms with Crippen LogP contribution in [0.3, 0.4) is 0 Å². The largest absolute Gasteiger partial charge is 0.356 e. The average molecular weight is 412 g/mol. The van der Waals surface area contributed by atoms with Gasteiger partial charge >= 0.3 is 0 Å². The molecule has 3 rings (SSSR count). The minimum absolute atomic E-state index is 0.0718. The van der Waals surface area contributed by atoms with Crippen LogP contribution in [0.5, 0.6) is 0 Å². The molecule has 160 valence electrons. The summed E-state index contributed by atoms with van der Waals surface area (Å²) < 4.78 is 1.66. The lowest BCUT2D eigenvalue weighted by atomic mass is 9.91. The molecule has 3 atom stereocenters. The highest BCUT2D eigenvalue weighted by molar-refractivity contribution is 5.84. The van der Waals surface area contributed by atoms with Crippen LogP contribution >= 0.6 is 0 Å². The van der Waals surface area contributed by atoms with Gasteiger partial charge in [0.25, 0.3) is 5.56 Å². The zero-order valence-corrected chi connectivity index (χ0v) is 17.6. The van der Waals surface area contributed by atoms with Crippen molar-refractivity contribution in [2.75, 3.05) is 6.54 Å². The predicted octanol–water partition coefficient (Wildman–Crippen LogP) is 1.54. The quantitative estimate of drug-likeness (QED) is 0.634. The molecule has 0 bridgehead atoms. The number of rotatable bonds is 7. The Hall–Kier alpha value is -3.15. The fraction of sp³-hybridized carbons (Fsp3) is 0.571. The number of amides is 2. The molecule has 3 heterocycles. The minimum atomic E-state index is -0.783. The molecule has 0 radical (unpaired) electrons. The van der Waals surface area contributed by atoms with Crippen molar-refractivity contribution in [2.24, 2.45) is 11.8 Å². The Labute approximate surface area is 174 Å². The second-order valence-electron chi connectivity index (χ2n) is 8.27. The third-order valence-electron chi connectivity index (χ3n) is 5.49. The maximum atomic E-state index is 13.3. The van der Waals surface area contributed by atoms with Crippen LogP contribution in [0.25, 0.3) is 11.0 Å². The lowest BCUT2D eigenvalue weighted by Crippen LogP contribution is -2.44. The Balaban J connectivity index is 1.88. The SMILES string of the molecule is Cc1nc2cc[nH]c(=O)c2n1C(CC(C)C)C(=O)N[C@H](C#N)C[C@@H]1CCCNC1=O. The number of aryl methyl sites for hydroxylation is 1. The summed E-state index contributed by atoms with van der Waals surface area (Å²) in [6.45, 7) is 6.39. The topological polar surface area (TPSA) is 133 Å². The number of fused-ring (bicyclic) bond motifs is 1. The highest BCUT2D eigenvalue weighted by atomic mass is 16.2. The lowest BCUT2D eigenvalue weighted by molar-refractivity contribution is -0.128. The number of piperidine rings is 1. The summed E-state index contributed by atoms with van der Waals surface area (Å²) in [6, 6.07) is 2.34. The molecule has 1 saturated heterocycles. The van der Waals surface area contributed by atoms with Crippen LogP contribution in [0.1, 0.15) is 51.4 Å². The molecule has 1 fully saturated rings. The van der Waals surface area contributed by atoms with Crippen LogP contribution in [0.2, 0.25) is 0 Å². The van der Waals surface area contributed by atoms with Crippen LogP contribution < -0.4 is 16.2 Å². The number of carbonyl (C=O) groups excluding carboxylic acids is 2. The number of carbonyl (C=O) groups is 2. The first-order valence-corrected chi connectivity index (χ1v) is 10.4. The van der Waals surface area contributed by atoms with Crippen molar-refractivity contribution in [2.45, 2.75) is 58.5 Å². The molecular weight excluding hydrogens is 384 g/mol. The molecule has 0 spiro atoms. The number of hydrogen-bond donors (Lipinski definition) is 3. The number of nitriles is 1. The van der Waals surface area contributed by atoms with Crippen molar-refractivity contribution >= 4 is 22.8 Å². The average Bonchev–Trinajstić information content (AvgIpc) is 3.04. The van der Waals surface area contributed by atoms with Crippen molar-refractivity contribution in [3.8, 4) is 6.07 Å². The number of hydrogen-bond acceptors (Lipinski definition) is 5. The van der Waals surface area contributed by atoms with E-state index in [4.69, 9.17) is 0 Å². The Morgan fingerprint density at radius 2 is 2.20 bits per heavy atom. The molecule has 9 nitrogen and oxygen atoms in total. The highest BCUT2D eigenvalue weighted by Crippen LogP contribution is 2.25. The van der Waals surface area contributed by atoms with Gasteiger partial charge in [0.1, 0.15) is 23.4 Å². The summed E-state index contributed by atoms with van der Waals surface area (Å²) in [6.07, 6.45) is 3.85. The van der Waals surface area contributed by atoms with Gasteiger partial charge in [-0.15, -0.1) is 0 Å². The summed E-state index contributed by atoms with van der Waals surface area (Å²) in [7, 11) is 0. The minimum Gasteiger partial charge on any atom is -0.356 e. The van der Waals surface area contributed by atoms with Gasteiger partial charge in [-0.2, -0.15) is 5.26 Å². The van der Waals surface area contributed by atoms with Crippen LogP contribution in [0.15, 0.2) is 17.1 Å². The van der Waals surface area contributed by atoms with E-state index in [2.05, 4.69) is 26.7 Å². The molecule has 1 aliphatic rings. The molecule has 30 heavy (non-hydrogen) atoms. The van der Waals surface area contributed by atoms with Gasteiger partial charge < -0.3 is 20.2 Å². The molecule has 1 aliphatic heterocycles. The fourth-order valence-electron chi connectivity index (χ4n) is 4.09. The third kappa shape index (κ3) is 4.53. The summed E-state index contributed by atoms with van der Waals surface area (Å²) in [5, 5.41) is 15.2. The monoisotopic (exact) mass is 412 g/mol. The molecule has 0 saturated carbocycles. The first kappa shape index (κ1) is 21.6. The van der Waals surface area contributed by atoms with E-state index in [0.29, 0.717) is 36.2 Å². The molecule has 0 aliphatic carbocycles. The van der Waals surface area contributed by atoms with E-state index >= 15 is 0 Å². The molecular formula is C21H28N6O3. The van der Waals surface area contributed by atoms with Gasteiger partial charge in [0.2, 0.25) is 11.8 Å². The van der Waals surface area contributed by atoms with Crippen molar-refractivity contribution in [1.82, 2.24) is 25.2 Å². The van der Waals surface area contributed by atoms with Crippen LogP contribution in [0.4, 0.5) is 0 Å². The van der Waals surface area contributed by atoms with E-state index < -0.39 is 12.1 Å². The van der Waals surface area contributed by atoms with Gasteiger partial charge in [0.05, 0.1) is 11.6 Å². The third-order valence-corrected chi connectivity index (χ3v) is 5.49. The second-order valence-corrected chi connectivity index (χ2v) is 8.27. The van der Waals surface area contributed by atoms with Gasteiger partial charge in [-0.25, -0.2) is 4.98 Å². The zero-order valence-electron chi connectivity index (χ0n) is 17.6. The molecule has 2 amide bonds. The first-order chi connectivity index (χ1) is 14.3. The summed E-state index contributed by atoms with van der Waals surface area (Å²) in [5.41, 5.74) is 0.551. The van der Waals surface area contributed by atoms with Gasteiger partial charge in [0, 0.05) is 18.7 Å². The number of nitrogens with zero attached hydrogens (tertiary/aromatic N) is 3. The van der Waals surface area contributed by atoms with Gasteiger partial charge in [-0.1, -0.05) is 13.8 Å². The Kier molecular flexibility index (Phi) is 6.55. The molecule has 2 aromatic heterocycles. The van der Waals surface area contributed by atoms with E-state index in [0.717, 1.165) is 6.42 Å². The predicted molar refractivity (Wildman–Crippen MR) is 111 cm³/mol. The molecule has 9 heteroatoms. The van der Waals surface area contributed by atoms with Gasteiger partial charge in [-0.05, 0) is 44.6 Å². The molecule has 0 aromatic carbocycles. The standard InChI is InChI=1S/C21H28N6O3/c1-12(2)9-17(27-13(3)25-16-6-8-24-21(30)18(16)27)20(29)26-15(11-22)10-14-5-4-7-23-19(14)28/h6,8,12,14-15,17H,4-5,7,9-10H2,1-3H3,(H,23,28)(H,24,30)(H,26,29)/t14-,15-,17?/m0/s1. The summed E-state index contributed by atoms with van der Waals surface area (Å²) in [5.74, 6) is 0.0215. The number of pyridine rings is 1. The van der Waals surface area contributed by atoms with Crippen LogP contribution in [-0.4, -0.2) is 38.9 Å². The van der Waals surface area contributed by atoms with Crippen molar-refractivity contribution in [3.63, 3.8) is 0 Å². The molecule has 3 N–H and O–H groups in total. The van der Waals surface area contributed by atoms with E-state index in [1.54, 1.807) is 17.6 Å². The Bertz CT molecular complexity index is 1030. The van der Waals surface area contributed by atoms with Crippen LogP contribution in [-0.2, 0) is 9.59 Å². The first-order valence-electron chi connectivity index (χ1n) is 10.4. The molecule has 1 unspecified atom stereocenters. The smallest absolute Gasteiger partial charge is 0.274 e. The van der Waals surface area contributed by atoms with Crippen LogP contribution in [0, 0.1) is 30.1 Å². The number of imidazole rings is 1. The Morgan fingerprint density at radius 1 is 1.43 bits per heavy atom. The zero-order chi connectivity index (χ0) is 21.8. The number of nitrogens with one attached hydrogen (secondary N) is 3. The number of aromatic amines is 1. The highest BCUT2D eigenvalue weighted by Gasteiger charge is 2.30.